The number of nitrogens with zero attached hydrogens (tertiary/aromatic N) is 2. The summed E-state index contributed by atoms with van der Waals surface area (Å²) in [5.74, 6) is 0. The van der Waals surface area contributed by atoms with Crippen molar-refractivity contribution in [3.05, 3.63) is 94.9 Å². The first-order valence-corrected chi connectivity index (χ1v) is 10.2. The van der Waals surface area contributed by atoms with Crippen LogP contribution in [0, 0.1) is 27.3 Å². The van der Waals surface area contributed by atoms with E-state index in [9.17, 15) is 0 Å². The zero-order valence-corrected chi connectivity index (χ0v) is 18.0. The van der Waals surface area contributed by atoms with Gasteiger partial charge in [-0.1, -0.05) is 42.5 Å². The second-order valence-electron chi connectivity index (χ2n) is 7.95. The highest BCUT2D eigenvalue weighted by Gasteiger charge is 2.23. The van der Waals surface area contributed by atoms with Crippen LogP contribution in [0.15, 0.2) is 71.1 Å². The Kier molecular flexibility index (Phi) is 3.86. The van der Waals surface area contributed by atoms with E-state index in [2.05, 4.69) is 10.9 Å². The number of pyridine rings is 1. The molecular weight excluding hydrogens is 380 g/mol. The summed E-state index contributed by atoms with van der Waals surface area (Å²) in [6.45, 7) is 13.5. The maximum atomic E-state index is 8.81. The van der Waals surface area contributed by atoms with Gasteiger partial charge in [0.15, 0.2) is 5.69 Å². The average Bonchev–Trinajstić information content (AvgIpc) is 3.21. The largest absolute Gasteiger partial charge is 0.466 e. The molecule has 0 N–H and O–H groups in total. The summed E-state index contributed by atoms with van der Waals surface area (Å²) in [6.07, 6.45) is 0. The van der Waals surface area contributed by atoms with Gasteiger partial charge in [0.1, 0.15) is 18.2 Å². The molecule has 0 saturated carbocycles. The van der Waals surface area contributed by atoms with Crippen molar-refractivity contribution >= 4 is 27.6 Å². The lowest BCUT2D eigenvalue weighted by molar-refractivity contribution is -0.666. The summed E-state index contributed by atoms with van der Waals surface area (Å²) in [5, 5.41) is 1.80. The van der Waals surface area contributed by atoms with Gasteiger partial charge in [-0.25, -0.2) is 4.85 Å². The maximum absolute atomic E-state index is 8.81. The van der Waals surface area contributed by atoms with Gasteiger partial charge >= 0.3 is 0 Å². The molecule has 3 heteroatoms. The molecule has 5 aromatic rings. The number of aryl methyl sites for hydroxylation is 1. The van der Waals surface area contributed by atoms with Crippen molar-refractivity contribution in [2.75, 3.05) is 0 Å². The van der Waals surface area contributed by atoms with Crippen molar-refractivity contribution in [2.45, 2.75) is 20.8 Å². The minimum atomic E-state index is 0.319. The zero-order valence-electron chi connectivity index (χ0n) is 20.0. The van der Waals surface area contributed by atoms with Crippen LogP contribution in [0.5, 0.6) is 0 Å². The Labute approximate surface area is 184 Å². The van der Waals surface area contributed by atoms with E-state index in [1.165, 1.54) is 0 Å². The number of furan rings is 1. The number of rotatable bonds is 2. The Morgan fingerprint density at radius 1 is 0.903 bits per heavy atom. The van der Waals surface area contributed by atoms with Gasteiger partial charge in [0.2, 0.25) is 11.4 Å². The SMILES string of the molecule is [2H]c1c(C)c([2H])c(-c2c(C)ccc3c2oc2c([N+]#[C-])cc(-c4ccccc4)cc23)[n+](C)c1C. The molecular formula is C28H23N2O+. The average molecular weight is 406 g/mol. The molecule has 3 nitrogen and oxygen atoms in total. The first-order chi connectivity index (χ1) is 15.8. The molecule has 2 aromatic heterocycles. The van der Waals surface area contributed by atoms with E-state index in [1.54, 1.807) is 0 Å². The quantitative estimate of drug-likeness (QED) is 0.224. The van der Waals surface area contributed by atoms with E-state index in [-0.39, 0.29) is 0 Å². The van der Waals surface area contributed by atoms with Crippen LogP contribution < -0.4 is 4.57 Å². The van der Waals surface area contributed by atoms with Gasteiger partial charge in [-0.3, -0.25) is 0 Å². The smallest absolute Gasteiger partial charge is 0.230 e. The van der Waals surface area contributed by atoms with E-state index in [1.807, 2.05) is 80.9 Å². The number of benzene rings is 3. The van der Waals surface area contributed by atoms with E-state index < -0.39 is 0 Å². The Bertz CT molecular complexity index is 1600. The van der Waals surface area contributed by atoms with Gasteiger partial charge in [-0.15, -0.1) is 0 Å². The third kappa shape index (κ3) is 3.00. The van der Waals surface area contributed by atoms with Gasteiger partial charge in [0.05, 0.1) is 14.9 Å². The molecule has 0 atom stereocenters. The Hall–Kier alpha value is -3.90. The molecule has 0 aliphatic carbocycles. The van der Waals surface area contributed by atoms with Crippen LogP contribution in [0.25, 0.3) is 49.2 Å². The predicted octanol–water partition coefficient (Wildman–Crippen LogP) is 7.22. The van der Waals surface area contributed by atoms with Crippen LogP contribution >= 0.6 is 0 Å². The lowest BCUT2D eigenvalue weighted by Crippen LogP contribution is -2.35. The summed E-state index contributed by atoms with van der Waals surface area (Å²) in [6, 6.07) is 18.7. The first kappa shape index (κ1) is 16.8. The topological polar surface area (TPSA) is 21.4 Å². The molecule has 150 valence electrons. The normalized spacial score (nSPS) is 12.1. The van der Waals surface area contributed by atoms with Crippen molar-refractivity contribution in [1.82, 2.24) is 0 Å². The Balaban J connectivity index is 1.91. The molecule has 3 aromatic carbocycles. The summed E-state index contributed by atoms with van der Waals surface area (Å²) >= 11 is 0. The third-order valence-electron chi connectivity index (χ3n) is 5.91. The van der Waals surface area contributed by atoms with E-state index in [0.29, 0.717) is 34.5 Å². The molecule has 0 radical (unpaired) electrons. The standard InChI is InChI=1S/C28H23N2O/c1-17-13-19(3)30(5)25(14-17)26-18(2)11-12-22-23-15-21(20-9-7-6-8-10-20)16-24(29-4)27(23)31-28(22)26/h6-16H,1-3,5H3/q+1/i13D,14D. The lowest BCUT2D eigenvalue weighted by Gasteiger charge is -2.08. The number of fused-ring (bicyclic) bond motifs is 3. The van der Waals surface area contributed by atoms with Crippen molar-refractivity contribution in [2.24, 2.45) is 7.05 Å². The van der Waals surface area contributed by atoms with Crippen LogP contribution in [0.2, 0.25) is 0 Å². The zero-order chi connectivity index (χ0) is 23.4. The van der Waals surface area contributed by atoms with Crippen molar-refractivity contribution in [1.29, 1.82) is 0 Å². The molecule has 0 aliphatic heterocycles. The van der Waals surface area contributed by atoms with Crippen LogP contribution in [0.3, 0.4) is 0 Å². The summed E-state index contributed by atoms with van der Waals surface area (Å²) in [7, 11) is 1.89. The van der Waals surface area contributed by atoms with E-state index in [0.717, 1.165) is 44.4 Å². The molecule has 0 spiro atoms. The predicted molar refractivity (Wildman–Crippen MR) is 126 cm³/mol. The van der Waals surface area contributed by atoms with Gasteiger partial charge in [0.25, 0.3) is 0 Å². The van der Waals surface area contributed by atoms with Crippen molar-refractivity contribution < 1.29 is 11.7 Å². The molecule has 0 amide bonds. The highest BCUT2D eigenvalue weighted by molar-refractivity contribution is 6.14. The highest BCUT2D eigenvalue weighted by Crippen LogP contribution is 2.42. The first-order valence-electron chi connectivity index (χ1n) is 11.2. The second kappa shape index (κ2) is 7.11. The molecule has 31 heavy (non-hydrogen) atoms. The monoisotopic (exact) mass is 405 g/mol. The molecule has 0 unspecified atom stereocenters. The summed E-state index contributed by atoms with van der Waals surface area (Å²) < 4.78 is 25.5. The minimum absolute atomic E-state index is 0.319. The summed E-state index contributed by atoms with van der Waals surface area (Å²) in [5.41, 5.74) is 7.67. The van der Waals surface area contributed by atoms with Crippen molar-refractivity contribution in [3.63, 3.8) is 0 Å². The molecule has 0 bridgehead atoms. The van der Waals surface area contributed by atoms with Gasteiger partial charge < -0.3 is 4.42 Å². The van der Waals surface area contributed by atoms with Gasteiger partial charge in [-0.05, 0) is 48.2 Å². The summed E-state index contributed by atoms with van der Waals surface area (Å²) in [4.78, 5) is 3.77. The van der Waals surface area contributed by atoms with Crippen LogP contribution in [0.4, 0.5) is 5.69 Å². The van der Waals surface area contributed by atoms with Crippen molar-refractivity contribution in [3.8, 4) is 22.4 Å². The van der Waals surface area contributed by atoms with Crippen LogP contribution in [0.1, 0.15) is 19.6 Å². The minimum Gasteiger partial charge on any atom is -0.466 e. The molecule has 0 fully saturated rings. The fourth-order valence-corrected chi connectivity index (χ4v) is 4.24. The van der Waals surface area contributed by atoms with E-state index in [4.69, 9.17) is 13.7 Å². The molecule has 5 rings (SSSR count). The molecule has 0 aliphatic rings. The molecule has 0 saturated heterocycles. The van der Waals surface area contributed by atoms with E-state index >= 15 is 0 Å². The van der Waals surface area contributed by atoms with Gasteiger partial charge in [-0.2, -0.15) is 4.57 Å². The second-order valence-corrected chi connectivity index (χ2v) is 7.95. The van der Waals surface area contributed by atoms with Crippen LogP contribution in [-0.2, 0) is 7.05 Å². The fourth-order valence-electron chi connectivity index (χ4n) is 4.24. The Morgan fingerprint density at radius 2 is 1.68 bits per heavy atom. The number of hydrogen-bond acceptors (Lipinski definition) is 1. The Morgan fingerprint density at radius 3 is 2.42 bits per heavy atom. The van der Waals surface area contributed by atoms with Gasteiger partial charge in [0, 0.05) is 29.8 Å². The number of aromatic nitrogens is 1. The lowest BCUT2D eigenvalue weighted by atomic mass is 9.98. The highest BCUT2D eigenvalue weighted by atomic mass is 16.3. The molecule has 2 heterocycles. The number of hydrogen-bond donors (Lipinski definition) is 0. The fraction of sp³-hybridized carbons (Fsp3) is 0.143. The third-order valence-corrected chi connectivity index (χ3v) is 5.91. The maximum Gasteiger partial charge on any atom is 0.230 e. The van der Waals surface area contributed by atoms with Crippen LogP contribution in [-0.4, -0.2) is 0 Å².